The van der Waals surface area contributed by atoms with Gasteiger partial charge in [0.15, 0.2) is 0 Å². The monoisotopic (exact) mass is 300 g/mol. The number of anilines is 1. The van der Waals surface area contributed by atoms with Gasteiger partial charge in [0.1, 0.15) is 12.0 Å². The Kier molecular flexibility index (Phi) is 3.58. The van der Waals surface area contributed by atoms with E-state index in [-0.39, 0.29) is 5.69 Å². The number of rotatable bonds is 3. The van der Waals surface area contributed by atoms with Crippen LogP contribution in [0.3, 0.4) is 0 Å². The van der Waals surface area contributed by atoms with Gasteiger partial charge in [-0.15, -0.1) is 0 Å². The molecular weight excluding hydrogens is 288 g/mol. The van der Waals surface area contributed by atoms with E-state index in [4.69, 9.17) is 0 Å². The Morgan fingerprint density at radius 3 is 3.00 bits per heavy atom. The topological polar surface area (TPSA) is 71.3 Å². The van der Waals surface area contributed by atoms with Crippen molar-refractivity contribution in [2.24, 2.45) is 0 Å². The van der Waals surface area contributed by atoms with Crippen molar-refractivity contribution >= 4 is 27.4 Å². The van der Waals surface area contributed by atoms with Crippen LogP contribution in [0.1, 0.15) is 6.42 Å². The molecule has 1 atom stereocenters. The molecule has 2 heterocycles. The third kappa shape index (κ3) is 2.55. The number of halogens is 1. The maximum absolute atomic E-state index is 10.6. The summed E-state index contributed by atoms with van der Waals surface area (Å²) in [5.74, 6) is 0.772. The normalized spacial score (nSPS) is 19.6. The highest BCUT2D eigenvalue weighted by atomic mass is 79.9. The molecule has 7 heteroatoms. The van der Waals surface area contributed by atoms with Crippen LogP contribution in [0.25, 0.3) is 0 Å². The Hall–Kier alpha value is -1.21. The average molecular weight is 301 g/mol. The van der Waals surface area contributed by atoms with Crippen molar-refractivity contribution < 1.29 is 4.92 Å². The van der Waals surface area contributed by atoms with Crippen LogP contribution in [0.15, 0.2) is 16.7 Å². The first kappa shape index (κ1) is 12.3. The number of aromatic nitrogens is 1. The SMILES string of the molecule is CNC1CCN(c2ncc([N+](=O)[O-])cc2Br)C1. The third-order valence-electron chi connectivity index (χ3n) is 2.91. The Labute approximate surface area is 107 Å². The third-order valence-corrected chi connectivity index (χ3v) is 3.50. The zero-order chi connectivity index (χ0) is 12.4. The number of hydrogen-bond donors (Lipinski definition) is 1. The first-order chi connectivity index (χ1) is 8.11. The second-order valence-corrected chi connectivity index (χ2v) is 4.83. The van der Waals surface area contributed by atoms with Crippen molar-refractivity contribution in [2.45, 2.75) is 12.5 Å². The summed E-state index contributed by atoms with van der Waals surface area (Å²) in [6.07, 6.45) is 2.36. The lowest BCUT2D eigenvalue weighted by molar-refractivity contribution is -0.385. The molecule has 0 aliphatic carbocycles. The molecule has 1 N–H and O–H groups in total. The summed E-state index contributed by atoms with van der Waals surface area (Å²) in [5.41, 5.74) is 0.00462. The van der Waals surface area contributed by atoms with Gasteiger partial charge in [0.25, 0.3) is 5.69 Å². The zero-order valence-corrected chi connectivity index (χ0v) is 11.0. The van der Waals surface area contributed by atoms with E-state index in [1.54, 1.807) is 0 Å². The molecule has 0 amide bonds. The molecule has 6 nitrogen and oxygen atoms in total. The molecule has 1 aromatic rings. The lowest BCUT2D eigenvalue weighted by Crippen LogP contribution is -2.30. The van der Waals surface area contributed by atoms with Crippen LogP contribution in [0.5, 0.6) is 0 Å². The molecule has 1 fully saturated rings. The highest BCUT2D eigenvalue weighted by Crippen LogP contribution is 2.29. The fourth-order valence-corrected chi connectivity index (χ4v) is 2.53. The van der Waals surface area contributed by atoms with E-state index in [0.717, 1.165) is 25.3 Å². The molecule has 0 radical (unpaired) electrons. The summed E-state index contributed by atoms with van der Waals surface area (Å²) in [5, 5.41) is 13.8. The largest absolute Gasteiger partial charge is 0.354 e. The summed E-state index contributed by atoms with van der Waals surface area (Å²) >= 11 is 3.34. The van der Waals surface area contributed by atoms with Gasteiger partial charge in [0, 0.05) is 25.2 Å². The van der Waals surface area contributed by atoms with Crippen LogP contribution in [-0.2, 0) is 0 Å². The molecule has 0 saturated carbocycles. The van der Waals surface area contributed by atoms with Crippen molar-refractivity contribution in [2.75, 3.05) is 25.0 Å². The van der Waals surface area contributed by atoms with Gasteiger partial charge < -0.3 is 10.2 Å². The molecule has 1 aliphatic rings. The fourth-order valence-electron chi connectivity index (χ4n) is 1.94. The van der Waals surface area contributed by atoms with Crippen LogP contribution >= 0.6 is 15.9 Å². The Morgan fingerprint density at radius 2 is 2.47 bits per heavy atom. The Balaban J connectivity index is 2.20. The maximum Gasteiger partial charge on any atom is 0.288 e. The van der Waals surface area contributed by atoms with Gasteiger partial charge in [-0.05, 0) is 29.4 Å². The van der Waals surface area contributed by atoms with E-state index in [1.165, 1.54) is 12.3 Å². The molecule has 0 spiro atoms. The van der Waals surface area contributed by atoms with Gasteiger partial charge >= 0.3 is 0 Å². The van der Waals surface area contributed by atoms with Gasteiger partial charge in [-0.2, -0.15) is 0 Å². The van der Waals surface area contributed by atoms with E-state index in [0.29, 0.717) is 10.5 Å². The number of pyridine rings is 1. The van der Waals surface area contributed by atoms with Crippen molar-refractivity contribution in [3.8, 4) is 0 Å². The number of hydrogen-bond acceptors (Lipinski definition) is 5. The lowest BCUT2D eigenvalue weighted by Gasteiger charge is -2.18. The van der Waals surface area contributed by atoms with Crippen LogP contribution in [-0.4, -0.2) is 36.1 Å². The summed E-state index contributed by atoms with van der Waals surface area (Å²) in [6, 6.07) is 1.95. The fraction of sp³-hybridized carbons (Fsp3) is 0.500. The number of nitrogens with one attached hydrogen (secondary N) is 1. The van der Waals surface area contributed by atoms with Gasteiger partial charge in [-0.3, -0.25) is 10.1 Å². The van der Waals surface area contributed by atoms with Gasteiger partial charge in [0.05, 0.1) is 9.40 Å². The lowest BCUT2D eigenvalue weighted by atomic mass is 10.3. The number of nitro groups is 1. The predicted molar refractivity (Wildman–Crippen MR) is 68.3 cm³/mol. The Morgan fingerprint density at radius 1 is 1.71 bits per heavy atom. The zero-order valence-electron chi connectivity index (χ0n) is 9.39. The highest BCUT2D eigenvalue weighted by Gasteiger charge is 2.24. The summed E-state index contributed by atoms with van der Waals surface area (Å²) in [4.78, 5) is 16.4. The minimum atomic E-state index is -0.443. The van der Waals surface area contributed by atoms with Gasteiger partial charge in [-0.25, -0.2) is 4.98 Å². The molecule has 2 rings (SSSR count). The van der Waals surface area contributed by atoms with E-state index in [1.807, 2.05) is 7.05 Å². The van der Waals surface area contributed by atoms with Gasteiger partial charge in [0.2, 0.25) is 0 Å². The quantitative estimate of drug-likeness (QED) is 0.677. The maximum atomic E-state index is 10.6. The highest BCUT2D eigenvalue weighted by molar-refractivity contribution is 9.10. The van der Waals surface area contributed by atoms with Crippen LogP contribution in [0.2, 0.25) is 0 Å². The second kappa shape index (κ2) is 4.97. The van der Waals surface area contributed by atoms with Crippen LogP contribution in [0.4, 0.5) is 11.5 Å². The van der Waals surface area contributed by atoms with E-state index < -0.39 is 4.92 Å². The standard InChI is InChI=1S/C10H13BrN4O2/c1-12-7-2-3-14(6-7)10-9(11)4-8(5-13-10)15(16)17/h4-5,7,12H,2-3,6H2,1H3. The number of likely N-dealkylation sites (N-methyl/N-ethyl adjacent to an activating group) is 1. The smallest absolute Gasteiger partial charge is 0.288 e. The van der Waals surface area contributed by atoms with Crippen molar-refractivity contribution in [1.82, 2.24) is 10.3 Å². The minimum Gasteiger partial charge on any atom is -0.354 e. The van der Waals surface area contributed by atoms with Crippen LogP contribution < -0.4 is 10.2 Å². The van der Waals surface area contributed by atoms with Crippen molar-refractivity contribution in [3.05, 3.63) is 26.9 Å². The molecule has 1 aromatic heterocycles. The molecule has 0 aromatic carbocycles. The summed E-state index contributed by atoms with van der Waals surface area (Å²) in [7, 11) is 1.94. The Bertz CT molecular complexity index is 440. The number of nitrogens with zero attached hydrogens (tertiary/aromatic N) is 3. The first-order valence-corrected chi connectivity index (χ1v) is 6.13. The molecule has 1 saturated heterocycles. The van der Waals surface area contributed by atoms with E-state index in [9.17, 15) is 10.1 Å². The van der Waals surface area contributed by atoms with E-state index >= 15 is 0 Å². The van der Waals surface area contributed by atoms with Gasteiger partial charge in [-0.1, -0.05) is 0 Å². The molecular formula is C10H13BrN4O2. The molecule has 1 aliphatic heterocycles. The van der Waals surface area contributed by atoms with Crippen LogP contribution in [0, 0.1) is 10.1 Å². The molecule has 92 valence electrons. The van der Waals surface area contributed by atoms with E-state index in [2.05, 4.69) is 31.1 Å². The molecule has 1 unspecified atom stereocenters. The van der Waals surface area contributed by atoms with Crippen molar-refractivity contribution in [1.29, 1.82) is 0 Å². The molecule has 17 heavy (non-hydrogen) atoms. The summed E-state index contributed by atoms with van der Waals surface area (Å²) in [6.45, 7) is 1.79. The average Bonchev–Trinajstić information content (AvgIpc) is 2.77. The predicted octanol–water partition coefficient (Wildman–Crippen LogP) is 1.55. The molecule has 0 bridgehead atoms. The minimum absolute atomic E-state index is 0.00462. The second-order valence-electron chi connectivity index (χ2n) is 3.98. The first-order valence-electron chi connectivity index (χ1n) is 5.34. The summed E-state index contributed by atoms with van der Waals surface area (Å²) < 4.78 is 0.670. The van der Waals surface area contributed by atoms with Crippen molar-refractivity contribution in [3.63, 3.8) is 0 Å².